The largest absolute Gasteiger partial charge is 0.373 e. The Labute approximate surface area is 107 Å². The molecular weight excluding hydrogens is 252 g/mol. The highest BCUT2D eigenvalue weighted by atomic mass is 32.2. The molecule has 18 heavy (non-hydrogen) atoms. The second kappa shape index (κ2) is 4.64. The summed E-state index contributed by atoms with van der Waals surface area (Å²) in [5.41, 5.74) is 0. The first kappa shape index (κ1) is 12.1. The minimum atomic E-state index is -3.27. The maximum atomic E-state index is 12.5. The molecule has 0 saturated carbocycles. The summed E-state index contributed by atoms with van der Waals surface area (Å²) in [5, 5.41) is -0.389. The third kappa shape index (κ3) is 2.74. The van der Waals surface area contributed by atoms with Crippen LogP contribution in [0.1, 0.15) is 12.8 Å². The molecule has 0 bridgehead atoms. The molecule has 2 fully saturated rings. The van der Waals surface area contributed by atoms with E-state index in [9.17, 15) is 8.42 Å². The Bertz CT molecular complexity index is 489. The first-order chi connectivity index (χ1) is 8.66. The van der Waals surface area contributed by atoms with E-state index in [1.807, 2.05) is 6.07 Å². The summed E-state index contributed by atoms with van der Waals surface area (Å²) in [7, 11) is -3.27. The second-order valence-electron chi connectivity index (χ2n) is 4.86. The number of hydrogen-bond acceptors (Lipinski definition) is 4. The molecule has 2 aliphatic rings. The smallest absolute Gasteiger partial charge is 0.181 e. The predicted molar refractivity (Wildman–Crippen MR) is 66.1 cm³/mol. The van der Waals surface area contributed by atoms with E-state index in [0.717, 1.165) is 0 Å². The van der Waals surface area contributed by atoms with E-state index in [1.165, 1.54) is 0 Å². The second-order valence-corrected chi connectivity index (χ2v) is 7.09. The van der Waals surface area contributed by atoms with Crippen LogP contribution in [0.25, 0.3) is 0 Å². The van der Waals surface area contributed by atoms with Gasteiger partial charge in [0.25, 0.3) is 0 Å². The molecule has 0 aromatic heterocycles. The van der Waals surface area contributed by atoms with Crippen LogP contribution in [0.4, 0.5) is 0 Å². The van der Waals surface area contributed by atoms with Crippen LogP contribution in [-0.2, 0) is 19.3 Å². The van der Waals surface area contributed by atoms with Gasteiger partial charge in [-0.25, -0.2) is 8.42 Å². The molecule has 0 spiro atoms. The molecule has 1 aromatic carbocycles. The molecule has 2 aliphatic heterocycles. The van der Waals surface area contributed by atoms with Gasteiger partial charge in [0.15, 0.2) is 9.84 Å². The van der Waals surface area contributed by atoms with Crippen molar-refractivity contribution < 1.29 is 17.9 Å². The van der Waals surface area contributed by atoms with E-state index in [0.29, 0.717) is 31.0 Å². The van der Waals surface area contributed by atoms with Gasteiger partial charge >= 0.3 is 0 Å². The Morgan fingerprint density at radius 3 is 2.00 bits per heavy atom. The summed E-state index contributed by atoms with van der Waals surface area (Å²) in [6.07, 6.45) is 1.40. The van der Waals surface area contributed by atoms with Crippen molar-refractivity contribution in [3.05, 3.63) is 30.3 Å². The van der Waals surface area contributed by atoms with Crippen molar-refractivity contribution in [3.63, 3.8) is 0 Å². The van der Waals surface area contributed by atoms with Gasteiger partial charge in [-0.2, -0.15) is 0 Å². The maximum absolute atomic E-state index is 12.5. The van der Waals surface area contributed by atoms with Gasteiger partial charge in [0.2, 0.25) is 0 Å². The zero-order chi connectivity index (χ0) is 12.6. The summed E-state index contributed by atoms with van der Waals surface area (Å²) >= 11 is 0. The zero-order valence-electron chi connectivity index (χ0n) is 9.99. The lowest BCUT2D eigenvalue weighted by Gasteiger charge is -2.15. The molecular formula is C13H16O4S. The van der Waals surface area contributed by atoms with Crippen LogP contribution in [-0.4, -0.2) is 39.1 Å². The summed E-state index contributed by atoms with van der Waals surface area (Å²) in [6, 6.07) is 8.64. The van der Waals surface area contributed by atoms with Crippen LogP contribution in [0.15, 0.2) is 35.2 Å². The minimum absolute atomic E-state index is 0.118. The predicted octanol–water partition coefficient (Wildman–Crippen LogP) is 1.41. The zero-order valence-corrected chi connectivity index (χ0v) is 10.8. The Morgan fingerprint density at radius 1 is 1.06 bits per heavy atom. The van der Waals surface area contributed by atoms with E-state index in [4.69, 9.17) is 9.47 Å². The summed E-state index contributed by atoms with van der Waals surface area (Å²) < 4.78 is 35.4. The number of epoxide rings is 2. The Balaban J connectivity index is 1.82. The van der Waals surface area contributed by atoms with Gasteiger partial charge in [-0.1, -0.05) is 18.2 Å². The fraction of sp³-hybridized carbons (Fsp3) is 0.538. The van der Waals surface area contributed by atoms with Crippen molar-refractivity contribution in [1.82, 2.24) is 0 Å². The minimum Gasteiger partial charge on any atom is -0.373 e. The Morgan fingerprint density at radius 2 is 1.56 bits per heavy atom. The SMILES string of the molecule is O=S(=O)(c1ccccc1)C(C[C@@H]1CO1)C[C@@H]1CO1. The van der Waals surface area contributed by atoms with E-state index in [1.54, 1.807) is 24.3 Å². The number of sulfone groups is 1. The normalized spacial score (nSPS) is 26.3. The number of benzene rings is 1. The first-order valence-corrected chi connectivity index (χ1v) is 7.73. The van der Waals surface area contributed by atoms with Crippen LogP contribution in [0.2, 0.25) is 0 Å². The van der Waals surface area contributed by atoms with Crippen molar-refractivity contribution in [1.29, 1.82) is 0 Å². The van der Waals surface area contributed by atoms with Gasteiger partial charge in [0.05, 0.1) is 35.6 Å². The summed E-state index contributed by atoms with van der Waals surface area (Å²) in [5.74, 6) is 0. The van der Waals surface area contributed by atoms with Crippen molar-refractivity contribution in [2.24, 2.45) is 0 Å². The van der Waals surface area contributed by atoms with Crippen LogP contribution in [0, 0.1) is 0 Å². The third-order valence-electron chi connectivity index (χ3n) is 3.37. The van der Waals surface area contributed by atoms with Crippen LogP contribution < -0.4 is 0 Å². The lowest BCUT2D eigenvalue weighted by molar-refractivity contribution is 0.363. The molecule has 0 unspecified atom stereocenters. The number of ether oxygens (including phenoxy) is 2. The molecule has 0 radical (unpaired) electrons. The quantitative estimate of drug-likeness (QED) is 0.732. The van der Waals surface area contributed by atoms with E-state index >= 15 is 0 Å². The molecule has 2 atom stereocenters. The van der Waals surface area contributed by atoms with Crippen molar-refractivity contribution in [2.75, 3.05) is 13.2 Å². The molecule has 3 rings (SSSR count). The molecule has 0 amide bonds. The average Bonchev–Trinajstić information content (AvgIpc) is 3.24. The average molecular weight is 268 g/mol. The fourth-order valence-corrected chi connectivity index (χ4v) is 4.00. The standard InChI is InChI=1S/C13H16O4S/c14-18(15,12-4-2-1-3-5-12)13(6-10-8-16-10)7-11-9-17-11/h1-5,10-11,13H,6-9H2/t10-,11-/m1/s1. The Hall–Kier alpha value is -0.910. The van der Waals surface area contributed by atoms with Crippen LogP contribution in [0.3, 0.4) is 0 Å². The van der Waals surface area contributed by atoms with Gasteiger partial charge in [0, 0.05) is 0 Å². The molecule has 2 saturated heterocycles. The van der Waals surface area contributed by atoms with Crippen LogP contribution in [0.5, 0.6) is 0 Å². The van der Waals surface area contributed by atoms with Gasteiger partial charge in [-0.15, -0.1) is 0 Å². The van der Waals surface area contributed by atoms with Gasteiger partial charge in [0.1, 0.15) is 0 Å². The van der Waals surface area contributed by atoms with Crippen molar-refractivity contribution in [3.8, 4) is 0 Å². The monoisotopic (exact) mass is 268 g/mol. The lowest BCUT2D eigenvalue weighted by Crippen LogP contribution is -2.25. The van der Waals surface area contributed by atoms with Gasteiger partial charge < -0.3 is 9.47 Å². The molecule has 98 valence electrons. The fourth-order valence-electron chi connectivity index (χ4n) is 2.15. The molecule has 5 heteroatoms. The highest BCUT2D eigenvalue weighted by Gasteiger charge is 2.39. The number of hydrogen-bond donors (Lipinski definition) is 0. The molecule has 4 nitrogen and oxygen atoms in total. The van der Waals surface area contributed by atoms with E-state index in [2.05, 4.69) is 0 Å². The van der Waals surface area contributed by atoms with E-state index in [-0.39, 0.29) is 17.5 Å². The van der Waals surface area contributed by atoms with E-state index < -0.39 is 9.84 Å². The molecule has 0 aliphatic carbocycles. The molecule has 1 aromatic rings. The first-order valence-electron chi connectivity index (χ1n) is 6.18. The molecule has 2 heterocycles. The highest BCUT2D eigenvalue weighted by Crippen LogP contribution is 2.30. The van der Waals surface area contributed by atoms with Gasteiger partial charge in [-0.05, 0) is 25.0 Å². The van der Waals surface area contributed by atoms with Crippen molar-refractivity contribution in [2.45, 2.75) is 35.2 Å². The van der Waals surface area contributed by atoms with Crippen molar-refractivity contribution >= 4 is 9.84 Å². The Kier molecular flexibility index (Phi) is 3.13. The van der Waals surface area contributed by atoms with Crippen LogP contribution >= 0.6 is 0 Å². The molecule has 0 N–H and O–H groups in total. The summed E-state index contributed by atoms with van der Waals surface area (Å²) in [4.78, 5) is 0.399. The third-order valence-corrected chi connectivity index (χ3v) is 5.56. The van der Waals surface area contributed by atoms with Gasteiger partial charge in [-0.3, -0.25) is 0 Å². The topological polar surface area (TPSA) is 59.2 Å². The maximum Gasteiger partial charge on any atom is 0.181 e. The summed E-state index contributed by atoms with van der Waals surface area (Å²) in [6.45, 7) is 1.37. The lowest BCUT2D eigenvalue weighted by atomic mass is 10.1. The highest BCUT2D eigenvalue weighted by molar-refractivity contribution is 7.92. The number of rotatable bonds is 6.